The predicted molar refractivity (Wildman–Crippen MR) is 277 cm³/mol. The number of rotatable bonds is 7. The van der Waals surface area contributed by atoms with E-state index in [1.807, 2.05) is 0 Å². The Kier molecular flexibility index (Phi) is 9.69. The van der Waals surface area contributed by atoms with E-state index in [-0.39, 0.29) is 17.5 Å². The summed E-state index contributed by atoms with van der Waals surface area (Å²) in [6.07, 6.45) is 0. The summed E-state index contributed by atoms with van der Waals surface area (Å²) in [6.45, 7) is 13.8. The van der Waals surface area contributed by atoms with E-state index < -0.39 is 0 Å². The van der Waals surface area contributed by atoms with Gasteiger partial charge in [0, 0.05) is 57.0 Å². The van der Waals surface area contributed by atoms with Crippen LogP contribution in [0.25, 0.3) is 10.8 Å². The van der Waals surface area contributed by atoms with Crippen LogP contribution in [-0.2, 0) is 10.8 Å². The van der Waals surface area contributed by atoms with E-state index in [1.54, 1.807) is 0 Å². The van der Waals surface area contributed by atoms with Crippen molar-refractivity contribution < 1.29 is 4.74 Å². The highest BCUT2D eigenvalue weighted by atomic mass is 16.5. The molecule has 0 N–H and O–H groups in total. The van der Waals surface area contributed by atoms with Crippen LogP contribution in [-0.4, -0.2) is 6.71 Å². The van der Waals surface area contributed by atoms with Crippen LogP contribution >= 0.6 is 0 Å². The van der Waals surface area contributed by atoms with Gasteiger partial charge in [-0.15, -0.1) is 0 Å². The normalized spacial score (nSPS) is 12.8. The van der Waals surface area contributed by atoms with Crippen LogP contribution < -0.4 is 35.8 Å². The second kappa shape index (κ2) is 15.6. The molecule has 2 aliphatic heterocycles. The highest BCUT2D eigenvalue weighted by Crippen LogP contribution is 2.49. The van der Waals surface area contributed by atoms with Gasteiger partial charge in [-0.25, -0.2) is 0 Å². The van der Waals surface area contributed by atoms with Crippen molar-refractivity contribution in [2.45, 2.75) is 52.4 Å². The van der Waals surface area contributed by atoms with Crippen molar-refractivity contribution in [2.75, 3.05) is 14.7 Å². The molecular formula is C60H52BN3O. The molecule has 2 aliphatic rings. The summed E-state index contributed by atoms with van der Waals surface area (Å²) in [4.78, 5) is 7.27. The molecule has 2 heterocycles. The van der Waals surface area contributed by atoms with Gasteiger partial charge in [0.2, 0.25) is 0 Å². The fourth-order valence-electron chi connectivity index (χ4n) is 9.90. The van der Waals surface area contributed by atoms with Gasteiger partial charge >= 0.3 is 0 Å². The van der Waals surface area contributed by atoms with Gasteiger partial charge in [-0.1, -0.05) is 157 Å². The summed E-state index contributed by atoms with van der Waals surface area (Å²) in [6, 6.07) is 74.9. The highest BCUT2D eigenvalue weighted by molar-refractivity contribution is 7.00. The Morgan fingerprint density at radius 1 is 0.400 bits per heavy atom. The Hall–Kier alpha value is -7.50. The third-order valence-electron chi connectivity index (χ3n) is 13.1. The van der Waals surface area contributed by atoms with Crippen molar-refractivity contribution in [1.29, 1.82) is 0 Å². The zero-order valence-corrected chi connectivity index (χ0v) is 38.0. The van der Waals surface area contributed by atoms with E-state index in [9.17, 15) is 0 Å². The van der Waals surface area contributed by atoms with Crippen LogP contribution in [0, 0.1) is 0 Å². The minimum atomic E-state index is -0.110. The molecule has 11 rings (SSSR count). The molecule has 65 heavy (non-hydrogen) atoms. The maximum atomic E-state index is 7.17. The molecule has 9 aromatic carbocycles. The van der Waals surface area contributed by atoms with E-state index in [2.05, 4.69) is 262 Å². The fourth-order valence-corrected chi connectivity index (χ4v) is 9.90. The van der Waals surface area contributed by atoms with Crippen LogP contribution in [0.15, 0.2) is 206 Å². The van der Waals surface area contributed by atoms with Gasteiger partial charge in [-0.3, -0.25) is 0 Å². The Labute approximate surface area is 384 Å². The summed E-state index contributed by atoms with van der Waals surface area (Å²) in [7, 11) is 0. The second-order valence-electron chi connectivity index (χ2n) is 19.4. The number of hydrogen-bond acceptors (Lipinski definition) is 4. The maximum Gasteiger partial charge on any atom is 0.257 e. The summed E-state index contributed by atoms with van der Waals surface area (Å²) in [5.41, 5.74) is 16.0. The zero-order valence-electron chi connectivity index (χ0n) is 38.0. The molecule has 0 aliphatic carbocycles. The molecule has 0 atom stereocenters. The molecule has 0 spiro atoms. The van der Waals surface area contributed by atoms with E-state index in [0.29, 0.717) is 0 Å². The first kappa shape index (κ1) is 40.3. The van der Waals surface area contributed by atoms with Gasteiger partial charge in [0.05, 0.1) is 5.69 Å². The maximum absolute atomic E-state index is 7.17. The average Bonchev–Trinajstić information content (AvgIpc) is 3.32. The standard InChI is InChI=1S/C60H52BN3O/c1-59(2,3)41-36-42(60(4,5)6)38-48(37-41)64-52-32-21-33-55-58(52)61(51-35-34-47(39-56(51)65-55)62(43-22-11-7-12-23-43)44-24-13-8-14-25-44)57-50-31-20-19-30-49(50)53(40-54(57)64)63(45-26-15-9-16-27-45)46-28-17-10-18-29-46/h7-40H,1-6H3. The van der Waals surface area contributed by atoms with Crippen LogP contribution in [0.5, 0.6) is 11.5 Å². The summed E-state index contributed by atoms with van der Waals surface area (Å²) >= 11 is 0. The topological polar surface area (TPSA) is 19.0 Å². The van der Waals surface area contributed by atoms with Gasteiger partial charge in [0.15, 0.2) is 0 Å². The van der Waals surface area contributed by atoms with Gasteiger partial charge < -0.3 is 19.4 Å². The number of anilines is 9. The first-order valence-electron chi connectivity index (χ1n) is 22.8. The van der Waals surface area contributed by atoms with Gasteiger partial charge in [0.25, 0.3) is 6.71 Å². The van der Waals surface area contributed by atoms with Crippen molar-refractivity contribution in [2.24, 2.45) is 0 Å². The van der Waals surface area contributed by atoms with Crippen molar-refractivity contribution >= 4 is 85.1 Å². The van der Waals surface area contributed by atoms with Crippen LogP contribution in [0.4, 0.5) is 51.2 Å². The molecule has 0 amide bonds. The monoisotopic (exact) mass is 841 g/mol. The van der Waals surface area contributed by atoms with Gasteiger partial charge in [-0.05, 0) is 129 Å². The van der Waals surface area contributed by atoms with E-state index >= 15 is 0 Å². The van der Waals surface area contributed by atoms with E-state index in [4.69, 9.17) is 4.74 Å². The lowest BCUT2D eigenvalue weighted by atomic mass is 9.33. The van der Waals surface area contributed by atoms with Crippen molar-refractivity contribution in [3.8, 4) is 11.5 Å². The van der Waals surface area contributed by atoms with Crippen molar-refractivity contribution in [3.05, 3.63) is 217 Å². The Bertz CT molecular complexity index is 3100. The summed E-state index contributed by atoms with van der Waals surface area (Å²) in [5.74, 6) is 1.74. The van der Waals surface area contributed by atoms with Crippen molar-refractivity contribution in [3.63, 3.8) is 0 Å². The first-order chi connectivity index (χ1) is 31.5. The summed E-state index contributed by atoms with van der Waals surface area (Å²) in [5, 5.41) is 2.39. The molecule has 5 heteroatoms. The molecule has 9 aromatic rings. The number of ether oxygens (including phenoxy) is 1. The first-order valence-corrected chi connectivity index (χ1v) is 22.8. The lowest BCUT2D eigenvalue weighted by Gasteiger charge is -2.42. The molecule has 0 unspecified atom stereocenters. The molecule has 4 nitrogen and oxygen atoms in total. The largest absolute Gasteiger partial charge is 0.458 e. The van der Waals surface area contributed by atoms with Crippen LogP contribution in [0.3, 0.4) is 0 Å². The third kappa shape index (κ3) is 7.03. The molecule has 0 radical (unpaired) electrons. The molecule has 0 saturated carbocycles. The zero-order chi connectivity index (χ0) is 44.5. The Balaban J connectivity index is 1.21. The second-order valence-corrected chi connectivity index (χ2v) is 19.4. The number of para-hydroxylation sites is 4. The van der Waals surface area contributed by atoms with Gasteiger partial charge in [-0.2, -0.15) is 0 Å². The highest BCUT2D eigenvalue weighted by Gasteiger charge is 2.44. The smallest absolute Gasteiger partial charge is 0.257 e. The van der Waals surface area contributed by atoms with Crippen LogP contribution in [0.1, 0.15) is 52.7 Å². The predicted octanol–water partition coefficient (Wildman–Crippen LogP) is 14.8. The summed E-state index contributed by atoms with van der Waals surface area (Å²) < 4.78 is 7.17. The Morgan fingerprint density at radius 3 is 1.45 bits per heavy atom. The number of hydrogen-bond donors (Lipinski definition) is 0. The lowest BCUT2D eigenvalue weighted by molar-refractivity contribution is 0.487. The number of benzene rings is 9. The minimum Gasteiger partial charge on any atom is -0.458 e. The quantitative estimate of drug-likeness (QED) is 0.149. The van der Waals surface area contributed by atoms with Crippen molar-refractivity contribution in [1.82, 2.24) is 0 Å². The van der Waals surface area contributed by atoms with E-state index in [1.165, 1.54) is 32.8 Å². The molecule has 0 bridgehead atoms. The average molecular weight is 842 g/mol. The number of nitrogens with zero attached hydrogens (tertiary/aromatic N) is 3. The number of fused-ring (bicyclic) bond motifs is 6. The molecule has 0 fully saturated rings. The van der Waals surface area contributed by atoms with Crippen LogP contribution in [0.2, 0.25) is 0 Å². The minimum absolute atomic E-state index is 0.0770. The third-order valence-corrected chi connectivity index (χ3v) is 13.1. The fraction of sp³-hybridized carbons (Fsp3) is 0.133. The molecule has 0 aromatic heterocycles. The lowest BCUT2D eigenvalue weighted by Crippen LogP contribution is -2.59. The molecular weight excluding hydrogens is 789 g/mol. The SMILES string of the molecule is CC(C)(C)c1cc(N2c3cccc4c3B(c3ccc(N(c5ccccc5)c5ccccc5)cc3O4)c3c2cc(N(c2ccccc2)c2ccccc2)c2ccccc32)cc(C(C)(C)C)c1. The van der Waals surface area contributed by atoms with Gasteiger partial charge in [0.1, 0.15) is 11.5 Å². The van der Waals surface area contributed by atoms with E-state index in [0.717, 1.165) is 68.1 Å². The molecule has 0 saturated heterocycles. The Morgan fingerprint density at radius 2 is 0.908 bits per heavy atom. The molecule has 316 valence electrons.